The lowest BCUT2D eigenvalue weighted by Crippen LogP contribution is -2.36. The van der Waals surface area contributed by atoms with Crippen LogP contribution in [-0.4, -0.2) is 33.8 Å². The van der Waals surface area contributed by atoms with Crippen LogP contribution in [0.2, 0.25) is 0 Å². The van der Waals surface area contributed by atoms with Gasteiger partial charge in [0.1, 0.15) is 22.6 Å². The second kappa shape index (κ2) is 7.88. The molecule has 0 amide bonds. The van der Waals surface area contributed by atoms with E-state index in [2.05, 4.69) is 19.8 Å². The molecule has 1 aromatic carbocycles. The summed E-state index contributed by atoms with van der Waals surface area (Å²) in [6.45, 7) is 1.84. The summed E-state index contributed by atoms with van der Waals surface area (Å²) in [7, 11) is -2.58. The molecule has 0 spiro atoms. The van der Waals surface area contributed by atoms with Gasteiger partial charge in [-0.05, 0) is 50.5 Å². The molecular weight excluding hydrogens is 428 g/mol. The van der Waals surface area contributed by atoms with Crippen molar-refractivity contribution in [3.05, 3.63) is 60.3 Å². The van der Waals surface area contributed by atoms with Crippen LogP contribution in [0, 0.1) is 11.6 Å². The first-order valence-corrected chi connectivity index (χ1v) is 11.1. The fourth-order valence-electron chi connectivity index (χ4n) is 4.04. The first kappa shape index (κ1) is 21.2. The Balaban J connectivity index is 1.62. The largest absolute Gasteiger partial charge is 0.484 e. The molecule has 0 unspecified atom stereocenters. The molecule has 1 N–H and O–H groups in total. The number of halogens is 2. The summed E-state index contributed by atoms with van der Waals surface area (Å²) >= 11 is 0. The Hall–Kier alpha value is -3.08. The zero-order valence-corrected chi connectivity index (χ0v) is 17.7. The van der Waals surface area contributed by atoms with Crippen LogP contribution in [0.15, 0.2) is 47.9 Å². The molecule has 4 rings (SSSR count). The minimum absolute atomic E-state index is 0.0624. The third-order valence-electron chi connectivity index (χ3n) is 5.58. The smallest absolute Gasteiger partial charge is 0.266 e. The third-order valence-corrected chi connectivity index (χ3v) is 6.96. The molecule has 2 atom stereocenters. The van der Waals surface area contributed by atoms with E-state index < -0.39 is 32.2 Å². The summed E-state index contributed by atoms with van der Waals surface area (Å²) < 4.78 is 64.5. The number of hydrogen-bond donors (Lipinski definition) is 1. The molecule has 0 bridgehead atoms. The molecule has 0 aliphatic heterocycles. The summed E-state index contributed by atoms with van der Waals surface area (Å²) in [4.78, 5) is 6.56. The number of benzene rings is 1. The highest BCUT2D eigenvalue weighted by Crippen LogP contribution is 2.46. The predicted octanol–water partition coefficient (Wildman–Crippen LogP) is 3.39. The highest BCUT2D eigenvalue weighted by atomic mass is 32.2. The summed E-state index contributed by atoms with van der Waals surface area (Å²) in [5.41, 5.74) is 0.148. The number of aryl methyl sites for hydroxylation is 1. The van der Waals surface area contributed by atoms with Crippen molar-refractivity contribution in [3.8, 4) is 5.75 Å². The van der Waals surface area contributed by atoms with Crippen molar-refractivity contribution in [2.75, 3.05) is 4.72 Å². The highest BCUT2D eigenvalue weighted by Gasteiger charge is 2.44. The Kier molecular flexibility index (Phi) is 5.38. The lowest BCUT2D eigenvalue weighted by molar-refractivity contribution is 0.0693. The van der Waals surface area contributed by atoms with Gasteiger partial charge >= 0.3 is 0 Å². The minimum Gasteiger partial charge on any atom is -0.484 e. The van der Waals surface area contributed by atoms with Gasteiger partial charge in [0.25, 0.3) is 10.0 Å². The first-order chi connectivity index (χ1) is 14.7. The second-order valence-electron chi connectivity index (χ2n) is 7.63. The number of nitrogens with one attached hydrogen (secondary N) is 1. The molecule has 0 radical (unpaired) electrons. The van der Waals surface area contributed by atoms with E-state index in [-0.39, 0.29) is 17.5 Å². The van der Waals surface area contributed by atoms with Gasteiger partial charge in [-0.15, -0.1) is 0 Å². The molecule has 1 aliphatic carbocycles. The molecule has 3 aromatic rings. The fraction of sp³-hybridized carbons (Fsp3) is 0.350. The lowest BCUT2D eigenvalue weighted by Gasteiger charge is -2.33. The molecule has 2 heterocycles. The Morgan fingerprint density at radius 3 is 2.68 bits per heavy atom. The molecule has 1 aliphatic rings. The van der Waals surface area contributed by atoms with E-state index in [0.29, 0.717) is 6.42 Å². The Morgan fingerprint density at radius 2 is 2.00 bits per heavy atom. The van der Waals surface area contributed by atoms with Crippen LogP contribution in [0.3, 0.4) is 0 Å². The monoisotopic (exact) mass is 449 g/mol. The first-order valence-electron chi connectivity index (χ1n) is 9.65. The van der Waals surface area contributed by atoms with Crippen molar-refractivity contribution in [1.29, 1.82) is 0 Å². The molecule has 11 heteroatoms. The number of sulfonamides is 1. The van der Waals surface area contributed by atoms with Gasteiger partial charge in [0.05, 0.1) is 0 Å². The van der Waals surface area contributed by atoms with Gasteiger partial charge in [-0.1, -0.05) is 0 Å². The average Bonchev–Trinajstić information content (AvgIpc) is 3.30. The van der Waals surface area contributed by atoms with E-state index in [9.17, 15) is 17.2 Å². The van der Waals surface area contributed by atoms with Gasteiger partial charge in [0.15, 0.2) is 11.6 Å². The minimum atomic E-state index is -4.40. The molecule has 31 heavy (non-hydrogen) atoms. The maximum absolute atomic E-state index is 14.9. The SMILES string of the molecule is Cn1nccc1[C@H]1CCC[C@@]1(C)Oc1ccc(S(=O)(=O)Nc2ccncn2)c(F)c1F. The standard InChI is InChI=1S/C20H21F2N5O3S/c1-20(9-3-4-13(20)14-7-11-25-27(14)2)30-15-5-6-16(19(22)18(15)21)31(28,29)26-17-8-10-23-12-24-17/h5-8,10-13H,3-4,9H2,1-2H3,(H,23,24,26)/t13-,20-/m1/s1. The average molecular weight is 449 g/mol. The van der Waals surface area contributed by atoms with Crippen molar-refractivity contribution in [2.24, 2.45) is 7.05 Å². The molecule has 164 valence electrons. The van der Waals surface area contributed by atoms with Crippen LogP contribution in [0.25, 0.3) is 0 Å². The second-order valence-corrected chi connectivity index (χ2v) is 9.28. The van der Waals surface area contributed by atoms with Gasteiger partial charge < -0.3 is 4.74 Å². The number of rotatable bonds is 6. The summed E-state index contributed by atoms with van der Waals surface area (Å²) in [6.07, 6.45) is 6.44. The molecule has 0 saturated heterocycles. The van der Waals surface area contributed by atoms with E-state index in [1.54, 1.807) is 10.9 Å². The van der Waals surface area contributed by atoms with Crippen molar-refractivity contribution in [2.45, 2.75) is 42.6 Å². The number of hydrogen-bond acceptors (Lipinski definition) is 6. The van der Waals surface area contributed by atoms with Crippen LogP contribution >= 0.6 is 0 Å². The topological polar surface area (TPSA) is 99.0 Å². The van der Waals surface area contributed by atoms with E-state index in [0.717, 1.165) is 37.0 Å². The number of ether oxygens (including phenoxy) is 1. The van der Waals surface area contributed by atoms with Crippen molar-refractivity contribution >= 4 is 15.8 Å². The molecule has 1 saturated carbocycles. The van der Waals surface area contributed by atoms with Crippen molar-refractivity contribution < 1.29 is 21.9 Å². The van der Waals surface area contributed by atoms with Gasteiger partial charge in [-0.25, -0.2) is 22.8 Å². The van der Waals surface area contributed by atoms with Gasteiger partial charge in [0.2, 0.25) is 5.82 Å². The zero-order valence-electron chi connectivity index (χ0n) is 16.9. The van der Waals surface area contributed by atoms with Crippen molar-refractivity contribution in [1.82, 2.24) is 19.7 Å². The summed E-state index contributed by atoms with van der Waals surface area (Å²) in [6, 6.07) is 5.29. The van der Waals surface area contributed by atoms with Crippen molar-refractivity contribution in [3.63, 3.8) is 0 Å². The maximum atomic E-state index is 14.9. The van der Waals surface area contributed by atoms with E-state index in [1.165, 1.54) is 12.3 Å². The van der Waals surface area contributed by atoms with Crippen LogP contribution < -0.4 is 9.46 Å². The van der Waals surface area contributed by atoms with E-state index in [1.807, 2.05) is 20.0 Å². The summed E-state index contributed by atoms with van der Waals surface area (Å²) in [5, 5.41) is 4.18. The van der Waals surface area contributed by atoms with E-state index in [4.69, 9.17) is 4.74 Å². The zero-order chi connectivity index (χ0) is 22.2. The van der Waals surface area contributed by atoms with Gasteiger partial charge in [-0.3, -0.25) is 9.40 Å². The fourth-order valence-corrected chi connectivity index (χ4v) is 5.12. The van der Waals surface area contributed by atoms with Crippen LogP contribution in [0.4, 0.5) is 14.6 Å². The number of nitrogens with zero attached hydrogens (tertiary/aromatic N) is 4. The molecular formula is C20H21F2N5O3S. The molecule has 1 fully saturated rings. The van der Waals surface area contributed by atoms with E-state index >= 15 is 0 Å². The summed E-state index contributed by atoms with van der Waals surface area (Å²) in [5.74, 6) is -3.34. The highest BCUT2D eigenvalue weighted by molar-refractivity contribution is 7.92. The van der Waals surface area contributed by atoms with Gasteiger partial charge in [-0.2, -0.15) is 9.49 Å². The van der Waals surface area contributed by atoms with Crippen LogP contribution in [0.5, 0.6) is 5.75 Å². The Morgan fingerprint density at radius 1 is 1.19 bits per heavy atom. The normalized spacial score (nSPS) is 21.2. The molecule has 8 nitrogen and oxygen atoms in total. The predicted molar refractivity (Wildman–Crippen MR) is 108 cm³/mol. The Bertz CT molecular complexity index is 1200. The number of anilines is 1. The van der Waals surface area contributed by atoms with Gasteiger partial charge in [0, 0.05) is 31.1 Å². The quantitative estimate of drug-likeness (QED) is 0.619. The van der Waals surface area contributed by atoms with Crippen LogP contribution in [0.1, 0.15) is 37.8 Å². The van der Waals surface area contributed by atoms with Crippen LogP contribution in [-0.2, 0) is 17.1 Å². The lowest BCUT2D eigenvalue weighted by atomic mass is 9.89. The third kappa shape index (κ3) is 3.97. The number of aromatic nitrogens is 4. The Labute approximate surface area is 178 Å². The molecule has 2 aromatic heterocycles. The maximum Gasteiger partial charge on any atom is 0.266 e.